The van der Waals surface area contributed by atoms with Crippen molar-refractivity contribution in [3.05, 3.63) is 54.7 Å². The fourth-order valence-electron chi connectivity index (χ4n) is 3.47. The van der Waals surface area contributed by atoms with Crippen molar-refractivity contribution in [1.82, 2.24) is 19.7 Å². The Bertz CT molecular complexity index is 1380. The number of ether oxygens (including phenoxy) is 1. The Balaban J connectivity index is 0.00000103. The summed E-state index contributed by atoms with van der Waals surface area (Å²) in [6.45, 7) is 12.3. The van der Waals surface area contributed by atoms with E-state index in [0.29, 0.717) is 28.8 Å². The van der Waals surface area contributed by atoms with E-state index in [1.54, 1.807) is 37.6 Å². The zero-order valence-corrected chi connectivity index (χ0v) is 22.1. The van der Waals surface area contributed by atoms with Crippen LogP contribution in [0.25, 0.3) is 33.4 Å². The fraction of sp³-hybridized carbons (Fsp3) is 0.346. The molecule has 2 aromatic carbocycles. The van der Waals surface area contributed by atoms with Crippen LogP contribution in [0.2, 0.25) is 0 Å². The average Bonchev–Trinajstić information content (AvgIpc) is 3.34. The van der Waals surface area contributed by atoms with E-state index in [1.165, 1.54) is 25.3 Å². The number of fused-ring (bicyclic) bond motifs is 1. The van der Waals surface area contributed by atoms with Crippen LogP contribution in [0.5, 0.6) is 5.75 Å². The highest BCUT2D eigenvalue weighted by Crippen LogP contribution is 2.37. The van der Waals surface area contributed by atoms with E-state index in [-0.39, 0.29) is 22.0 Å². The molecule has 2 aromatic heterocycles. The number of aromatic nitrogens is 4. The molecule has 0 unspecified atom stereocenters. The maximum absolute atomic E-state index is 14.8. The molecule has 2 heterocycles. The van der Waals surface area contributed by atoms with Crippen molar-refractivity contribution in [1.29, 1.82) is 0 Å². The number of hydrogen-bond donors (Lipinski definition) is 0. The zero-order chi connectivity index (χ0) is 26.2. The van der Waals surface area contributed by atoms with Gasteiger partial charge in [-0.15, -0.1) is 5.10 Å². The molecule has 4 rings (SSSR count). The van der Waals surface area contributed by atoms with Gasteiger partial charge in [-0.1, -0.05) is 40.7 Å². The van der Waals surface area contributed by atoms with Crippen LogP contribution in [0.15, 0.2) is 53.8 Å². The molecule has 0 aliphatic carbocycles. The summed E-state index contributed by atoms with van der Waals surface area (Å²) < 4.78 is 46.6. The minimum absolute atomic E-state index is 0.0329. The number of sulfone groups is 1. The minimum Gasteiger partial charge on any atom is -0.496 e. The quantitative estimate of drug-likeness (QED) is 0.314. The van der Waals surface area contributed by atoms with Crippen molar-refractivity contribution in [2.24, 2.45) is 0 Å². The Labute approximate surface area is 206 Å². The first-order chi connectivity index (χ1) is 16.9. The van der Waals surface area contributed by atoms with E-state index in [9.17, 15) is 12.8 Å². The number of benzene rings is 2. The Kier molecular flexibility index (Phi) is 9.89. The third-order valence-corrected chi connectivity index (χ3v) is 6.96. The first-order valence-corrected chi connectivity index (χ1v) is 13.4. The molecule has 9 heteroatoms. The lowest BCUT2D eigenvalue weighted by Gasteiger charge is -2.13. The molecule has 4 aromatic rings. The number of hydrogen-bond acceptors (Lipinski definition) is 6. The molecule has 0 radical (unpaired) electrons. The lowest BCUT2D eigenvalue weighted by Crippen LogP contribution is -2.04. The van der Waals surface area contributed by atoms with Crippen LogP contribution in [0.3, 0.4) is 0 Å². The molecule has 7 nitrogen and oxygen atoms in total. The van der Waals surface area contributed by atoms with E-state index < -0.39 is 15.7 Å². The lowest BCUT2D eigenvalue weighted by molar-refractivity contribution is 0.415. The van der Waals surface area contributed by atoms with E-state index in [1.807, 2.05) is 39.2 Å². The molecule has 0 N–H and O–H groups in total. The molecule has 0 saturated carbocycles. The van der Waals surface area contributed by atoms with Gasteiger partial charge in [-0.2, -0.15) is 5.10 Å². The summed E-state index contributed by atoms with van der Waals surface area (Å²) in [5.41, 5.74) is 3.50. The van der Waals surface area contributed by atoms with Crippen LogP contribution in [0.4, 0.5) is 4.39 Å². The summed E-state index contributed by atoms with van der Waals surface area (Å²) in [6.07, 6.45) is 3.30. The molecular formula is C26H33FN4O3S. The van der Waals surface area contributed by atoms with Crippen LogP contribution < -0.4 is 4.74 Å². The molecule has 0 saturated heterocycles. The van der Waals surface area contributed by atoms with Crippen molar-refractivity contribution in [3.63, 3.8) is 0 Å². The van der Waals surface area contributed by atoms with Crippen LogP contribution in [0, 0.1) is 5.82 Å². The van der Waals surface area contributed by atoms with Crippen molar-refractivity contribution in [2.75, 3.05) is 12.9 Å². The van der Waals surface area contributed by atoms with Gasteiger partial charge in [-0.25, -0.2) is 17.8 Å². The van der Waals surface area contributed by atoms with Gasteiger partial charge in [0.1, 0.15) is 17.1 Å². The molecule has 0 aliphatic heterocycles. The molecule has 0 bridgehead atoms. The monoisotopic (exact) mass is 500 g/mol. The largest absolute Gasteiger partial charge is 0.496 e. The van der Waals surface area contributed by atoms with Crippen molar-refractivity contribution < 1.29 is 17.5 Å². The van der Waals surface area contributed by atoms with Gasteiger partial charge in [0.25, 0.3) is 0 Å². The zero-order valence-electron chi connectivity index (χ0n) is 21.3. The summed E-state index contributed by atoms with van der Waals surface area (Å²) in [6, 6.07) is 9.16. The minimum atomic E-state index is -3.42. The predicted octanol–water partition coefficient (Wildman–Crippen LogP) is 6.17. The number of rotatable bonds is 6. The number of imidazole rings is 1. The van der Waals surface area contributed by atoms with Gasteiger partial charge in [0.05, 0.1) is 30.3 Å². The summed E-state index contributed by atoms with van der Waals surface area (Å²) >= 11 is 0. The van der Waals surface area contributed by atoms with Gasteiger partial charge in [0, 0.05) is 23.2 Å². The highest BCUT2D eigenvalue weighted by atomic mass is 32.2. The summed E-state index contributed by atoms with van der Waals surface area (Å²) in [7, 11) is -1.99. The van der Waals surface area contributed by atoms with Crippen LogP contribution >= 0.6 is 0 Å². The smallest absolute Gasteiger partial charge is 0.183 e. The first kappa shape index (κ1) is 27.9. The van der Waals surface area contributed by atoms with Gasteiger partial charge in [0.15, 0.2) is 15.5 Å². The van der Waals surface area contributed by atoms with Crippen LogP contribution in [0.1, 0.15) is 41.5 Å². The normalized spacial score (nSPS) is 10.7. The average molecular weight is 501 g/mol. The van der Waals surface area contributed by atoms with Gasteiger partial charge in [-0.05, 0) is 42.8 Å². The highest BCUT2D eigenvalue weighted by Gasteiger charge is 2.19. The SMILES string of the molecule is CC.CC.CCn1cnc2c(-c3ccc(F)c(-c4ccc(S(=O)(=O)CC)cc4OC)c3)cnnc21. The van der Waals surface area contributed by atoms with Gasteiger partial charge in [-0.3, -0.25) is 0 Å². The first-order valence-electron chi connectivity index (χ1n) is 11.8. The lowest BCUT2D eigenvalue weighted by atomic mass is 9.98. The molecule has 0 amide bonds. The van der Waals surface area contributed by atoms with Gasteiger partial charge in [0.2, 0.25) is 0 Å². The van der Waals surface area contributed by atoms with E-state index >= 15 is 0 Å². The van der Waals surface area contributed by atoms with Crippen molar-refractivity contribution >= 4 is 21.0 Å². The summed E-state index contributed by atoms with van der Waals surface area (Å²) in [4.78, 5) is 4.58. The Hall–Kier alpha value is -3.33. The maximum Gasteiger partial charge on any atom is 0.183 e. The number of aryl methyl sites for hydroxylation is 1. The Morgan fingerprint density at radius 1 is 0.971 bits per heavy atom. The fourth-order valence-corrected chi connectivity index (χ4v) is 4.36. The highest BCUT2D eigenvalue weighted by molar-refractivity contribution is 7.91. The van der Waals surface area contributed by atoms with Crippen molar-refractivity contribution in [3.8, 4) is 28.0 Å². The molecule has 188 valence electrons. The number of halogens is 1. The van der Waals surface area contributed by atoms with E-state index in [2.05, 4.69) is 15.2 Å². The van der Waals surface area contributed by atoms with Gasteiger partial charge >= 0.3 is 0 Å². The van der Waals surface area contributed by atoms with E-state index in [0.717, 1.165) is 5.56 Å². The second-order valence-electron chi connectivity index (χ2n) is 6.92. The van der Waals surface area contributed by atoms with E-state index in [4.69, 9.17) is 4.74 Å². The number of methoxy groups -OCH3 is 1. The Morgan fingerprint density at radius 2 is 1.69 bits per heavy atom. The molecule has 0 spiro atoms. The topological polar surface area (TPSA) is 87.0 Å². The number of nitrogens with zero attached hydrogens (tertiary/aromatic N) is 4. The van der Waals surface area contributed by atoms with Crippen LogP contribution in [-0.2, 0) is 16.4 Å². The van der Waals surface area contributed by atoms with Gasteiger partial charge < -0.3 is 9.30 Å². The summed E-state index contributed by atoms with van der Waals surface area (Å²) in [5, 5.41) is 8.24. The molecule has 35 heavy (non-hydrogen) atoms. The predicted molar refractivity (Wildman–Crippen MR) is 139 cm³/mol. The summed E-state index contributed by atoms with van der Waals surface area (Å²) in [5.74, 6) is -0.209. The third kappa shape index (κ3) is 5.67. The second-order valence-corrected chi connectivity index (χ2v) is 9.20. The standard InChI is InChI=1S/C22H21FN4O3S.2C2H6/c1-4-27-13-24-21-18(12-25-26-22(21)27)14-6-9-19(23)17(10-14)16-8-7-15(11-20(16)30-3)31(28,29)5-2;2*1-2/h6-13H,4-5H2,1-3H3;2*1-2H3. The Morgan fingerprint density at radius 3 is 2.31 bits per heavy atom. The van der Waals surface area contributed by atoms with Crippen LogP contribution in [-0.4, -0.2) is 41.0 Å². The third-order valence-electron chi connectivity index (χ3n) is 5.22. The molecular weight excluding hydrogens is 467 g/mol. The maximum atomic E-state index is 14.8. The molecule has 0 aliphatic rings. The second kappa shape index (κ2) is 12.4. The molecule has 0 atom stereocenters. The van der Waals surface area contributed by atoms with Crippen molar-refractivity contribution in [2.45, 2.75) is 53.0 Å². The molecule has 0 fully saturated rings.